The SMILES string of the molecule is O=C(NN1C(=O)C2CCCCC2C1=O)c1ccc(Cl)c(Cl)c1. The van der Waals surface area contributed by atoms with Crippen LogP contribution in [0.1, 0.15) is 36.0 Å². The number of fused-ring (bicyclic) bond motifs is 1. The van der Waals surface area contributed by atoms with Crippen LogP contribution in [-0.2, 0) is 9.59 Å². The lowest BCUT2D eigenvalue weighted by molar-refractivity contribution is -0.142. The van der Waals surface area contributed by atoms with E-state index in [1.54, 1.807) is 0 Å². The van der Waals surface area contributed by atoms with Gasteiger partial charge in [-0.1, -0.05) is 36.0 Å². The van der Waals surface area contributed by atoms with Crippen molar-refractivity contribution in [1.82, 2.24) is 10.4 Å². The molecule has 1 heterocycles. The molecule has 0 aromatic heterocycles. The van der Waals surface area contributed by atoms with E-state index < -0.39 is 5.91 Å². The maximum Gasteiger partial charge on any atom is 0.270 e. The highest BCUT2D eigenvalue weighted by Crippen LogP contribution is 2.37. The Morgan fingerprint density at radius 3 is 2.18 bits per heavy atom. The molecule has 1 aromatic carbocycles. The number of carbonyl (C=O) groups is 3. The first-order valence-electron chi connectivity index (χ1n) is 7.13. The minimum absolute atomic E-state index is 0.238. The maximum absolute atomic E-state index is 12.3. The third-order valence-electron chi connectivity index (χ3n) is 4.24. The second-order valence-corrected chi connectivity index (χ2v) is 6.39. The first-order valence-corrected chi connectivity index (χ1v) is 7.88. The van der Waals surface area contributed by atoms with Gasteiger partial charge in [0.05, 0.1) is 21.9 Å². The van der Waals surface area contributed by atoms with Crippen LogP contribution in [0, 0.1) is 11.8 Å². The molecular weight excluding hydrogens is 327 g/mol. The fraction of sp³-hybridized carbons (Fsp3) is 0.400. The van der Waals surface area contributed by atoms with E-state index in [0.29, 0.717) is 17.9 Å². The van der Waals surface area contributed by atoms with Crippen LogP contribution in [0.25, 0.3) is 0 Å². The van der Waals surface area contributed by atoms with E-state index in [1.807, 2.05) is 0 Å². The first-order chi connectivity index (χ1) is 10.5. The van der Waals surface area contributed by atoms with E-state index in [1.165, 1.54) is 18.2 Å². The predicted octanol–water partition coefficient (Wildman–Crippen LogP) is 2.81. The number of carbonyl (C=O) groups excluding carboxylic acids is 3. The molecule has 1 aliphatic heterocycles. The van der Waals surface area contributed by atoms with Crippen molar-refractivity contribution in [1.29, 1.82) is 0 Å². The average Bonchev–Trinajstić information content (AvgIpc) is 2.75. The van der Waals surface area contributed by atoms with Gasteiger partial charge < -0.3 is 0 Å². The Kier molecular flexibility index (Phi) is 4.10. The zero-order chi connectivity index (χ0) is 15.9. The Morgan fingerprint density at radius 1 is 1.05 bits per heavy atom. The second kappa shape index (κ2) is 5.89. The molecule has 0 radical (unpaired) electrons. The quantitative estimate of drug-likeness (QED) is 0.841. The minimum atomic E-state index is -0.557. The number of hydrazine groups is 1. The average molecular weight is 341 g/mol. The first kappa shape index (κ1) is 15.3. The Bertz CT molecular complexity index is 638. The lowest BCUT2D eigenvalue weighted by Gasteiger charge is -2.19. The monoisotopic (exact) mass is 340 g/mol. The standard InChI is InChI=1S/C15H14Cl2N2O3/c16-11-6-5-8(7-12(11)17)13(20)18-19-14(21)9-3-1-2-4-10(9)15(19)22/h5-7,9-10H,1-4H2,(H,18,20). The molecule has 3 amide bonds. The number of hydrogen-bond acceptors (Lipinski definition) is 3. The van der Waals surface area contributed by atoms with E-state index in [2.05, 4.69) is 5.43 Å². The molecule has 1 aromatic rings. The lowest BCUT2D eigenvalue weighted by Crippen LogP contribution is -2.46. The largest absolute Gasteiger partial charge is 0.272 e. The number of imide groups is 1. The molecule has 7 heteroatoms. The molecule has 22 heavy (non-hydrogen) atoms. The molecule has 2 unspecified atom stereocenters. The molecule has 0 bridgehead atoms. The van der Waals surface area contributed by atoms with Crippen molar-refractivity contribution in [2.75, 3.05) is 0 Å². The third kappa shape index (κ3) is 2.59. The molecule has 1 N–H and O–H groups in total. The molecule has 2 aliphatic rings. The highest BCUT2D eigenvalue weighted by molar-refractivity contribution is 6.42. The highest BCUT2D eigenvalue weighted by Gasteiger charge is 2.49. The summed E-state index contributed by atoms with van der Waals surface area (Å²) in [6.07, 6.45) is 3.28. The Morgan fingerprint density at radius 2 is 1.64 bits per heavy atom. The number of nitrogens with zero attached hydrogens (tertiary/aromatic N) is 1. The van der Waals surface area contributed by atoms with Crippen molar-refractivity contribution in [3.63, 3.8) is 0 Å². The summed E-state index contributed by atoms with van der Waals surface area (Å²) in [7, 11) is 0. The van der Waals surface area contributed by atoms with Gasteiger partial charge in [-0.15, -0.1) is 0 Å². The van der Waals surface area contributed by atoms with Crippen molar-refractivity contribution in [3.8, 4) is 0 Å². The van der Waals surface area contributed by atoms with Gasteiger partial charge in [-0.05, 0) is 31.0 Å². The van der Waals surface area contributed by atoms with Gasteiger partial charge in [0.2, 0.25) is 0 Å². The van der Waals surface area contributed by atoms with Crippen LogP contribution in [0.2, 0.25) is 10.0 Å². The molecule has 2 fully saturated rings. The molecule has 1 aliphatic carbocycles. The van der Waals surface area contributed by atoms with E-state index in [0.717, 1.165) is 17.9 Å². The maximum atomic E-state index is 12.3. The Balaban J connectivity index is 1.77. The van der Waals surface area contributed by atoms with Crippen LogP contribution in [0.5, 0.6) is 0 Å². The zero-order valence-electron chi connectivity index (χ0n) is 11.6. The van der Waals surface area contributed by atoms with Crippen molar-refractivity contribution in [2.24, 2.45) is 11.8 Å². The van der Waals surface area contributed by atoms with Gasteiger partial charge in [0.1, 0.15) is 0 Å². The van der Waals surface area contributed by atoms with E-state index in [9.17, 15) is 14.4 Å². The van der Waals surface area contributed by atoms with Gasteiger partial charge in [0, 0.05) is 5.56 Å². The van der Waals surface area contributed by atoms with Gasteiger partial charge in [0.25, 0.3) is 17.7 Å². The van der Waals surface area contributed by atoms with Crippen molar-refractivity contribution >= 4 is 40.9 Å². The van der Waals surface area contributed by atoms with E-state index in [4.69, 9.17) is 23.2 Å². The normalized spacial score (nSPS) is 24.4. The van der Waals surface area contributed by atoms with Crippen LogP contribution >= 0.6 is 23.2 Å². The Hall–Kier alpha value is -1.59. The summed E-state index contributed by atoms with van der Waals surface area (Å²) in [6.45, 7) is 0. The molecule has 3 rings (SSSR count). The third-order valence-corrected chi connectivity index (χ3v) is 4.98. The predicted molar refractivity (Wildman–Crippen MR) is 81.2 cm³/mol. The smallest absolute Gasteiger partial charge is 0.270 e. The summed E-state index contributed by atoms with van der Waals surface area (Å²) in [5.74, 6) is -1.78. The number of amides is 3. The fourth-order valence-electron chi connectivity index (χ4n) is 3.08. The molecule has 0 spiro atoms. The van der Waals surface area contributed by atoms with E-state index >= 15 is 0 Å². The van der Waals surface area contributed by atoms with Crippen LogP contribution in [-0.4, -0.2) is 22.7 Å². The van der Waals surface area contributed by atoms with Crippen LogP contribution in [0.4, 0.5) is 0 Å². The fourth-order valence-corrected chi connectivity index (χ4v) is 3.37. The van der Waals surface area contributed by atoms with Gasteiger partial charge in [-0.2, -0.15) is 5.01 Å². The number of benzene rings is 1. The molecule has 2 atom stereocenters. The summed E-state index contributed by atoms with van der Waals surface area (Å²) >= 11 is 11.7. The van der Waals surface area contributed by atoms with Gasteiger partial charge in [0.15, 0.2) is 0 Å². The van der Waals surface area contributed by atoms with Gasteiger partial charge >= 0.3 is 0 Å². The van der Waals surface area contributed by atoms with Crippen molar-refractivity contribution in [3.05, 3.63) is 33.8 Å². The van der Waals surface area contributed by atoms with Crippen molar-refractivity contribution < 1.29 is 14.4 Å². The molecular formula is C15H14Cl2N2O3. The Labute approximate surface area is 137 Å². The second-order valence-electron chi connectivity index (χ2n) is 5.58. The topological polar surface area (TPSA) is 66.5 Å². The number of halogens is 2. The molecule has 1 saturated carbocycles. The lowest BCUT2D eigenvalue weighted by atomic mass is 9.81. The number of nitrogens with one attached hydrogen (secondary N) is 1. The van der Waals surface area contributed by atoms with Crippen LogP contribution < -0.4 is 5.43 Å². The summed E-state index contributed by atoms with van der Waals surface area (Å²) in [4.78, 5) is 36.8. The van der Waals surface area contributed by atoms with Gasteiger partial charge in [-0.25, -0.2) is 0 Å². The van der Waals surface area contributed by atoms with Crippen LogP contribution in [0.3, 0.4) is 0 Å². The summed E-state index contributed by atoms with van der Waals surface area (Å²) < 4.78 is 0. The zero-order valence-corrected chi connectivity index (χ0v) is 13.2. The summed E-state index contributed by atoms with van der Waals surface area (Å²) in [6, 6.07) is 4.38. The van der Waals surface area contributed by atoms with Crippen LogP contribution in [0.15, 0.2) is 18.2 Å². The minimum Gasteiger partial charge on any atom is -0.272 e. The molecule has 1 saturated heterocycles. The van der Waals surface area contributed by atoms with Crippen molar-refractivity contribution in [2.45, 2.75) is 25.7 Å². The molecule has 5 nitrogen and oxygen atoms in total. The number of hydrogen-bond donors (Lipinski definition) is 1. The summed E-state index contributed by atoms with van der Waals surface area (Å²) in [5.41, 5.74) is 2.63. The van der Waals surface area contributed by atoms with Gasteiger partial charge in [-0.3, -0.25) is 19.8 Å². The number of rotatable bonds is 2. The van der Waals surface area contributed by atoms with E-state index in [-0.39, 0.29) is 34.2 Å². The molecule has 116 valence electrons. The summed E-state index contributed by atoms with van der Waals surface area (Å²) in [5, 5.41) is 1.44. The highest BCUT2D eigenvalue weighted by atomic mass is 35.5.